The van der Waals surface area contributed by atoms with Crippen LogP contribution in [0.2, 0.25) is 0 Å². The summed E-state index contributed by atoms with van der Waals surface area (Å²) < 4.78 is 5.38. The lowest BCUT2D eigenvalue weighted by atomic mass is 9.73. The number of carbonyl (C=O) groups excluding carboxylic acids is 1. The molecule has 0 unspecified atom stereocenters. The average Bonchev–Trinajstić information content (AvgIpc) is 2.58. The molecule has 3 rings (SSSR count). The van der Waals surface area contributed by atoms with E-state index in [1.54, 1.807) is 0 Å². The highest BCUT2D eigenvalue weighted by Gasteiger charge is 2.42. The van der Waals surface area contributed by atoms with Crippen LogP contribution in [0, 0.1) is 0 Å². The Morgan fingerprint density at radius 1 is 1.00 bits per heavy atom. The number of ether oxygens (including phenoxy) is 1. The molecule has 2 heteroatoms. The predicted molar refractivity (Wildman–Crippen MR) is 88.4 cm³/mol. The molecule has 2 aromatic carbocycles. The third kappa shape index (κ3) is 2.96. The van der Waals surface area contributed by atoms with Gasteiger partial charge in [-0.25, -0.2) is 0 Å². The van der Waals surface area contributed by atoms with Crippen molar-refractivity contribution >= 4 is 12.0 Å². The Hall–Kier alpha value is -2.35. The molecule has 1 aliphatic heterocycles. The summed E-state index contributed by atoms with van der Waals surface area (Å²) in [6, 6.07) is 20.2. The third-order valence-corrected chi connectivity index (χ3v) is 4.27. The Balaban J connectivity index is 1.87. The fourth-order valence-electron chi connectivity index (χ4n) is 3.06. The fourth-order valence-corrected chi connectivity index (χ4v) is 3.06. The van der Waals surface area contributed by atoms with E-state index in [1.165, 1.54) is 0 Å². The van der Waals surface area contributed by atoms with E-state index >= 15 is 0 Å². The van der Waals surface area contributed by atoms with Gasteiger partial charge in [-0.3, -0.25) is 4.79 Å². The standard InChI is InChI=1S/C20H20O2/c21-19-20(15-8-16-22-19,18-12-5-2-6-13-18)14-7-11-17-9-3-1-4-10-17/h1-7,9-13H,8,14-16H2/b11-7+/t20-/m1/s1. The summed E-state index contributed by atoms with van der Waals surface area (Å²) in [4.78, 5) is 12.5. The second-order valence-corrected chi connectivity index (χ2v) is 5.70. The van der Waals surface area contributed by atoms with Crippen molar-refractivity contribution in [1.82, 2.24) is 0 Å². The van der Waals surface area contributed by atoms with Crippen LogP contribution in [-0.4, -0.2) is 12.6 Å². The molecule has 0 saturated carbocycles. The monoisotopic (exact) mass is 292 g/mol. The fraction of sp³-hybridized carbons (Fsp3) is 0.250. The van der Waals surface area contributed by atoms with E-state index in [-0.39, 0.29) is 5.97 Å². The van der Waals surface area contributed by atoms with Gasteiger partial charge in [0, 0.05) is 0 Å². The molecule has 0 aliphatic carbocycles. The predicted octanol–water partition coefficient (Wildman–Crippen LogP) is 4.36. The first kappa shape index (κ1) is 14.6. The number of carbonyl (C=O) groups is 1. The maximum Gasteiger partial charge on any atom is 0.316 e. The van der Waals surface area contributed by atoms with E-state index in [4.69, 9.17) is 4.74 Å². The molecule has 1 fully saturated rings. The van der Waals surface area contributed by atoms with Gasteiger partial charge in [-0.1, -0.05) is 72.8 Å². The molecular weight excluding hydrogens is 272 g/mol. The first-order valence-corrected chi connectivity index (χ1v) is 7.76. The van der Waals surface area contributed by atoms with Gasteiger partial charge in [0.2, 0.25) is 0 Å². The highest BCUT2D eigenvalue weighted by Crippen LogP contribution is 2.37. The Kier molecular flexibility index (Phi) is 4.38. The number of cyclic esters (lactones) is 1. The molecule has 112 valence electrons. The zero-order valence-corrected chi connectivity index (χ0v) is 12.6. The molecule has 1 saturated heterocycles. The maximum absolute atomic E-state index is 12.5. The second-order valence-electron chi connectivity index (χ2n) is 5.70. The van der Waals surface area contributed by atoms with Gasteiger partial charge in [0.1, 0.15) is 0 Å². The number of hydrogen-bond acceptors (Lipinski definition) is 2. The molecule has 0 N–H and O–H groups in total. The van der Waals surface area contributed by atoms with Crippen molar-refractivity contribution in [3.8, 4) is 0 Å². The number of benzene rings is 2. The molecular formula is C20H20O2. The van der Waals surface area contributed by atoms with Crippen LogP contribution in [-0.2, 0) is 14.9 Å². The number of hydrogen-bond donors (Lipinski definition) is 0. The first-order chi connectivity index (χ1) is 10.8. The Morgan fingerprint density at radius 2 is 1.68 bits per heavy atom. The van der Waals surface area contributed by atoms with Gasteiger partial charge in [0.05, 0.1) is 12.0 Å². The number of esters is 1. The van der Waals surface area contributed by atoms with Gasteiger partial charge < -0.3 is 4.74 Å². The molecule has 22 heavy (non-hydrogen) atoms. The van der Waals surface area contributed by atoms with Crippen LogP contribution in [0.1, 0.15) is 30.4 Å². The summed E-state index contributed by atoms with van der Waals surface area (Å²) >= 11 is 0. The summed E-state index contributed by atoms with van der Waals surface area (Å²) in [7, 11) is 0. The van der Waals surface area contributed by atoms with Crippen molar-refractivity contribution < 1.29 is 9.53 Å². The Labute approximate surface area is 131 Å². The molecule has 1 aliphatic rings. The van der Waals surface area contributed by atoms with Crippen LogP contribution >= 0.6 is 0 Å². The van der Waals surface area contributed by atoms with Crippen molar-refractivity contribution in [2.45, 2.75) is 24.7 Å². The van der Waals surface area contributed by atoms with Crippen molar-refractivity contribution in [2.24, 2.45) is 0 Å². The zero-order chi connectivity index (χ0) is 15.3. The molecule has 1 heterocycles. The normalized spacial score (nSPS) is 21.7. The number of rotatable bonds is 4. The van der Waals surface area contributed by atoms with E-state index in [0.717, 1.165) is 24.0 Å². The van der Waals surface area contributed by atoms with Crippen LogP contribution in [0.15, 0.2) is 66.7 Å². The lowest BCUT2D eigenvalue weighted by Crippen LogP contribution is -2.41. The van der Waals surface area contributed by atoms with Gasteiger partial charge >= 0.3 is 5.97 Å². The van der Waals surface area contributed by atoms with Crippen molar-refractivity contribution in [3.05, 3.63) is 77.9 Å². The summed E-state index contributed by atoms with van der Waals surface area (Å²) in [5.74, 6) is -0.0948. The van der Waals surface area contributed by atoms with Gasteiger partial charge in [0.15, 0.2) is 0 Å². The topological polar surface area (TPSA) is 26.3 Å². The molecule has 0 amide bonds. The van der Waals surface area contributed by atoms with E-state index < -0.39 is 5.41 Å². The molecule has 2 nitrogen and oxygen atoms in total. The quantitative estimate of drug-likeness (QED) is 0.782. The lowest BCUT2D eigenvalue weighted by molar-refractivity contribution is -0.155. The minimum absolute atomic E-state index is 0.0948. The number of allylic oxidation sites excluding steroid dienone is 1. The molecule has 0 aromatic heterocycles. The maximum atomic E-state index is 12.5. The summed E-state index contributed by atoms with van der Waals surface area (Å²) in [6.07, 6.45) is 6.60. The largest absolute Gasteiger partial charge is 0.465 e. The highest BCUT2D eigenvalue weighted by molar-refractivity contribution is 5.84. The van der Waals surface area contributed by atoms with Crippen LogP contribution in [0.3, 0.4) is 0 Å². The average molecular weight is 292 g/mol. The van der Waals surface area contributed by atoms with E-state index in [2.05, 4.69) is 24.3 Å². The SMILES string of the molecule is O=C1OCCC[C@]1(C/C=C/c1ccccc1)c1ccccc1. The van der Waals surface area contributed by atoms with Crippen LogP contribution < -0.4 is 0 Å². The van der Waals surface area contributed by atoms with Crippen molar-refractivity contribution in [3.63, 3.8) is 0 Å². The second kappa shape index (κ2) is 6.61. The van der Waals surface area contributed by atoms with Crippen LogP contribution in [0.5, 0.6) is 0 Å². The molecule has 0 radical (unpaired) electrons. The minimum Gasteiger partial charge on any atom is -0.465 e. The lowest BCUT2D eigenvalue weighted by Gasteiger charge is -2.34. The van der Waals surface area contributed by atoms with Gasteiger partial charge in [-0.05, 0) is 30.4 Å². The van der Waals surface area contributed by atoms with E-state index in [1.807, 2.05) is 48.5 Å². The van der Waals surface area contributed by atoms with Crippen LogP contribution in [0.4, 0.5) is 0 Å². The van der Waals surface area contributed by atoms with Crippen LogP contribution in [0.25, 0.3) is 6.08 Å². The van der Waals surface area contributed by atoms with Crippen molar-refractivity contribution in [2.75, 3.05) is 6.61 Å². The van der Waals surface area contributed by atoms with Gasteiger partial charge in [-0.15, -0.1) is 0 Å². The minimum atomic E-state index is -0.537. The Bertz CT molecular complexity index is 646. The summed E-state index contributed by atoms with van der Waals surface area (Å²) in [5.41, 5.74) is 1.66. The van der Waals surface area contributed by atoms with E-state index in [0.29, 0.717) is 13.0 Å². The molecule has 1 atom stereocenters. The zero-order valence-electron chi connectivity index (χ0n) is 12.6. The summed E-state index contributed by atoms with van der Waals surface area (Å²) in [6.45, 7) is 0.538. The first-order valence-electron chi connectivity index (χ1n) is 7.76. The molecule has 2 aromatic rings. The molecule has 0 bridgehead atoms. The Morgan fingerprint density at radius 3 is 2.36 bits per heavy atom. The highest BCUT2D eigenvalue weighted by atomic mass is 16.5. The van der Waals surface area contributed by atoms with Gasteiger partial charge in [0.25, 0.3) is 0 Å². The van der Waals surface area contributed by atoms with E-state index in [9.17, 15) is 4.79 Å². The smallest absolute Gasteiger partial charge is 0.316 e. The molecule has 0 spiro atoms. The summed E-state index contributed by atoms with van der Waals surface area (Å²) in [5, 5.41) is 0. The van der Waals surface area contributed by atoms with Crippen molar-refractivity contribution in [1.29, 1.82) is 0 Å². The van der Waals surface area contributed by atoms with Gasteiger partial charge in [-0.2, -0.15) is 0 Å². The third-order valence-electron chi connectivity index (χ3n) is 4.27.